The summed E-state index contributed by atoms with van der Waals surface area (Å²) in [6, 6.07) is 10.4. The second kappa shape index (κ2) is 8.49. The standard InChI is InChI=1S/C21H28N2O3/c1-2-16(17-6-4-3-5-7-17)10-20(24)22-18-11-19(12-18)23(14-21(25)26)13-15-8-9-15/h2-7,15-16,18-19H,1,8-14H2,(H,22,24)(H,25,26). The topological polar surface area (TPSA) is 69.6 Å². The Bertz CT molecular complexity index is 636. The average Bonchev–Trinajstić information content (AvgIpc) is 3.39. The Morgan fingerprint density at radius 3 is 2.54 bits per heavy atom. The molecule has 2 aliphatic carbocycles. The molecule has 3 rings (SSSR count). The lowest BCUT2D eigenvalue weighted by atomic mass is 9.84. The first-order chi connectivity index (χ1) is 12.5. The predicted octanol–water partition coefficient (Wildman–Crippen LogP) is 2.79. The lowest BCUT2D eigenvalue weighted by Crippen LogP contribution is -2.55. The van der Waals surface area contributed by atoms with Crippen LogP contribution in [0.15, 0.2) is 43.0 Å². The molecule has 5 nitrogen and oxygen atoms in total. The number of rotatable bonds is 10. The number of nitrogens with zero attached hydrogens (tertiary/aromatic N) is 1. The normalized spacial score (nSPS) is 23.1. The van der Waals surface area contributed by atoms with E-state index in [0.717, 1.165) is 24.9 Å². The second-order valence-corrected chi connectivity index (χ2v) is 7.61. The van der Waals surface area contributed by atoms with Crippen LogP contribution in [0.4, 0.5) is 0 Å². The monoisotopic (exact) mass is 356 g/mol. The molecule has 2 aliphatic rings. The Labute approximate surface area is 155 Å². The SMILES string of the molecule is C=CC(CC(=O)NC1CC(N(CC(=O)O)CC2CC2)C1)c1ccccc1. The molecule has 2 fully saturated rings. The zero-order valence-corrected chi connectivity index (χ0v) is 15.1. The van der Waals surface area contributed by atoms with Crippen LogP contribution in [-0.4, -0.2) is 47.1 Å². The van der Waals surface area contributed by atoms with Crippen molar-refractivity contribution in [1.82, 2.24) is 10.2 Å². The van der Waals surface area contributed by atoms with Crippen LogP contribution in [0.2, 0.25) is 0 Å². The summed E-state index contributed by atoms with van der Waals surface area (Å²) in [5.41, 5.74) is 1.10. The van der Waals surface area contributed by atoms with E-state index in [1.165, 1.54) is 12.8 Å². The number of aliphatic carboxylic acids is 1. The Balaban J connectivity index is 1.44. The minimum Gasteiger partial charge on any atom is -0.480 e. The Morgan fingerprint density at radius 1 is 1.27 bits per heavy atom. The lowest BCUT2D eigenvalue weighted by molar-refractivity contribution is -0.140. The number of amides is 1. The molecule has 1 aromatic carbocycles. The number of hydrogen-bond acceptors (Lipinski definition) is 3. The van der Waals surface area contributed by atoms with Crippen molar-refractivity contribution >= 4 is 11.9 Å². The molecule has 2 N–H and O–H groups in total. The molecule has 140 valence electrons. The fourth-order valence-electron chi connectivity index (χ4n) is 3.68. The molecule has 0 spiro atoms. The molecule has 0 heterocycles. The van der Waals surface area contributed by atoms with Gasteiger partial charge in [0.05, 0.1) is 6.54 Å². The number of carboxylic acid groups (broad SMARTS) is 1. The van der Waals surface area contributed by atoms with Crippen molar-refractivity contribution < 1.29 is 14.7 Å². The maximum absolute atomic E-state index is 12.4. The number of nitrogens with one attached hydrogen (secondary N) is 1. The minimum atomic E-state index is -0.769. The lowest BCUT2D eigenvalue weighted by Gasteiger charge is -2.42. The molecule has 2 saturated carbocycles. The summed E-state index contributed by atoms with van der Waals surface area (Å²) in [4.78, 5) is 25.5. The first-order valence-electron chi connectivity index (χ1n) is 9.48. The minimum absolute atomic E-state index is 0.0189. The highest BCUT2D eigenvalue weighted by atomic mass is 16.4. The van der Waals surface area contributed by atoms with Crippen LogP contribution >= 0.6 is 0 Å². The maximum atomic E-state index is 12.4. The summed E-state index contributed by atoms with van der Waals surface area (Å²) >= 11 is 0. The number of carbonyl (C=O) groups excluding carboxylic acids is 1. The maximum Gasteiger partial charge on any atom is 0.317 e. The average molecular weight is 356 g/mol. The molecule has 0 aromatic heterocycles. The summed E-state index contributed by atoms with van der Waals surface area (Å²) in [6.07, 6.45) is 6.33. The molecule has 0 saturated heterocycles. The van der Waals surface area contributed by atoms with Gasteiger partial charge in [0.1, 0.15) is 0 Å². The third-order valence-corrected chi connectivity index (χ3v) is 5.44. The van der Waals surface area contributed by atoms with Crippen LogP contribution in [0.25, 0.3) is 0 Å². The highest BCUT2D eigenvalue weighted by Gasteiger charge is 2.37. The molecule has 0 aliphatic heterocycles. The van der Waals surface area contributed by atoms with Crippen molar-refractivity contribution in [3.8, 4) is 0 Å². The fourth-order valence-corrected chi connectivity index (χ4v) is 3.68. The van der Waals surface area contributed by atoms with Crippen LogP contribution in [-0.2, 0) is 9.59 Å². The number of carboxylic acids is 1. The quantitative estimate of drug-likeness (QED) is 0.633. The van der Waals surface area contributed by atoms with Crippen molar-refractivity contribution in [1.29, 1.82) is 0 Å². The summed E-state index contributed by atoms with van der Waals surface area (Å²) in [5.74, 6) is -0.0448. The van der Waals surface area contributed by atoms with E-state index in [1.807, 2.05) is 36.4 Å². The van der Waals surface area contributed by atoms with Crippen molar-refractivity contribution in [2.24, 2.45) is 5.92 Å². The van der Waals surface area contributed by atoms with Gasteiger partial charge in [-0.15, -0.1) is 6.58 Å². The summed E-state index contributed by atoms with van der Waals surface area (Å²) in [5, 5.41) is 12.2. The summed E-state index contributed by atoms with van der Waals surface area (Å²) in [7, 11) is 0. The van der Waals surface area contributed by atoms with Gasteiger partial charge in [0, 0.05) is 31.0 Å². The van der Waals surface area contributed by atoms with E-state index < -0.39 is 5.97 Å². The summed E-state index contributed by atoms with van der Waals surface area (Å²) < 4.78 is 0. The molecule has 26 heavy (non-hydrogen) atoms. The van der Waals surface area contributed by atoms with Crippen LogP contribution in [0.1, 0.15) is 43.6 Å². The van der Waals surface area contributed by atoms with Gasteiger partial charge < -0.3 is 10.4 Å². The molecule has 1 unspecified atom stereocenters. The van der Waals surface area contributed by atoms with Gasteiger partial charge in [-0.25, -0.2) is 0 Å². The van der Waals surface area contributed by atoms with Gasteiger partial charge in [-0.3, -0.25) is 14.5 Å². The molecule has 1 atom stereocenters. The molecule has 0 bridgehead atoms. The number of benzene rings is 1. The number of carbonyl (C=O) groups is 2. The van der Waals surface area contributed by atoms with Crippen LogP contribution in [0.5, 0.6) is 0 Å². The molecule has 5 heteroatoms. The van der Waals surface area contributed by atoms with Crippen molar-refractivity contribution in [3.05, 3.63) is 48.6 Å². The number of allylic oxidation sites excluding steroid dienone is 1. The molecular weight excluding hydrogens is 328 g/mol. The van der Waals surface area contributed by atoms with E-state index in [-0.39, 0.29) is 30.5 Å². The Kier molecular flexibility index (Phi) is 6.09. The van der Waals surface area contributed by atoms with Gasteiger partial charge in [0.25, 0.3) is 0 Å². The van der Waals surface area contributed by atoms with Gasteiger partial charge in [0.15, 0.2) is 0 Å². The highest BCUT2D eigenvalue weighted by molar-refractivity contribution is 5.77. The van der Waals surface area contributed by atoms with Gasteiger partial charge in [-0.1, -0.05) is 36.4 Å². The smallest absolute Gasteiger partial charge is 0.317 e. The third kappa shape index (κ3) is 5.18. The van der Waals surface area contributed by atoms with Crippen molar-refractivity contribution in [2.45, 2.75) is 50.1 Å². The number of hydrogen-bond donors (Lipinski definition) is 2. The van der Waals surface area contributed by atoms with E-state index in [9.17, 15) is 9.59 Å². The van der Waals surface area contributed by atoms with Crippen molar-refractivity contribution in [3.63, 3.8) is 0 Å². The van der Waals surface area contributed by atoms with Crippen molar-refractivity contribution in [2.75, 3.05) is 13.1 Å². The van der Waals surface area contributed by atoms with E-state index in [0.29, 0.717) is 12.3 Å². The zero-order chi connectivity index (χ0) is 18.5. The van der Waals surface area contributed by atoms with Crippen LogP contribution < -0.4 is 5.32 Å². The Morgan fingerprint density at radius 2 is 1.96 bits per heavy atom. The van der Waals surface area contributed by atoms with Gasteiger partial charge in [-0.2, -0.15) is 0 Å². The summed E-state index contributed by atoms with van der Waals surface area (Å²) in [6.45, 7) is 4.84. The van der Waals surface area contributed by atoms with Crippen LogP contribution in [0.3, 0.4) is 0 Å². The molecule has 1 aromatic rings. The first-order valence-corrected chi connectivity index (χ1v) is 9.48. The largest absolute Gasteiger partial charge is 0.480 e. The third-order valence-electron chi connectivity index (χ3n) is 5.44. The van der Waals surface area contributed by atoms with E-state index in [4.69, 9.17) is 5.11 Å². The van der Waals surface area contributed by atoms with Gasteiger partial charge >= 0.3 is 5.97 Å². The van der Waals surface area contributed by atoms with E-state index in [1.54, 1.807) is 0 Å². The van der Waals surface area contributed by atoms with Gasteiger partial charge in [0.2, 0.25) is 5.91 Å². The Hall–Kier alpha value is -2.14. The van der Waals surface area contributed by atoms with E-state index in [2.05, 4.69) is 16.8 Å². The molecular formula is C21H28N2O3. The van der Waals surface area contributed by atoms with E-state index >= 15 is 0 Å². The second-order valence-electron chi connectivity index (χ2n) is 7.61. The van der Waals surface area contributed by atoms with Gasteiger partial charge in [-0.05, 0) is 37.2 Å². The first kappa shape index (κ1) is 18.6. The fraction of sp³-hybridized carbons (Fsp3) is 0.524. The highest BCUT2D eigenvalue weighted by Crippen LogP contribution is 2.34. The van der Waals surface area contributed by atoms with Crippen LogP contribution in [0, 0.1) is 5.92 Å². The molecule has 1 amide bonds. The predicted molar refractivity (Wildman–Crippen MR) is 101 cm³/mol. The molecule has 0 radical (unpaired) electrons. The zero-order valence-electron chi connectivity index (χ0n) is 15.1.